The van der Waals surface area contributed by atoms with Crippen LogP contribution < -0.4 is 10.6 Å². The van der Waals surface area contributed by atoms with Crippen LogP contribution in [0.15, 0.2) is 24.3 Å². The third-order valence-corrected chi connectivity index (χ3v) is 3.88. The van der Waals surface area contributed by atoms with Crippen molar-refractivity contribution in [2.45, 2.75) is 26.0 Å². The highest BCUT2D eigenvalue weighted by Crippen LogP contribution is 2.22. The number of hydrogen-bond acceptors (Lipinski definition) is 5. The van der Waals surface area contributed by atoms with E-state index in [1.54, 1.807) is 11.8 Å². The van der Waals surface area contributed by atoms with Crippen LogP contribution in [0.1, 0.15) is 24.2 Å². The van der Waals surface area contributed by atoms with Gasteiger partial charge >= 0.3 is 0 Å². The average Bonchev–Trinajstić information content (AvgIpc) is 3.17. The number of methoxy groups -OCH3 is 1. The summed E-state index contributed by atoms with van der Waals surface area (Å²) in [6, 6.07) is 8.42. The molecule has 1 aliphatic rings. The van der Waals surface area contributed by atoms with E-state index in [2.05, 4.69) is 39.5 Å². The fraction of sp³-hybridized carbons (Fsp3) is 0.467. The van der Waals surface area contributed by atoms with Crippen LogP contribution in [0, 0.1) is 0 Å². The van der Waals surface area contributed by atoms with Crippen molar-refractivity contribution in [3.63, 3.8) is 0 Å². The SMILES string of the molecule is COCc1c(CN)nnn1-c1ccc(N2CCCC2)cc1. The molecule has 2 aromatic rings. The number of hydrogen-bond donors (Lipinski definition) is 1. The first kappa shape index (κ1) is 14.0. The highest BCUT2D eigenvalue weighted by molar-refractivity contribution is 5.51. The Labute approximate surface area is 124 Å². The van der Waals surface area contributed by atoms with E-state index in [-0.39, 0.29) is 0 Å². The van der Waals surface area contributed by atoms with Crippen LogP contribution >= 0.6 is 0 Å². The van der Waals surface area contributed by atoms with Gasteiger partial charge in [-0.3, -0.25) is 0 Å². The maximum absolute atomic E-state index is 5.70. The Balaban J connectivity index is 1.88. The van der Waals surface area contributed by atoms with E-state index in [9.17, 15) is 0 Å². The first-order chi connectivity index (χ1) is 10.3. The van der Waals surface area contributed by atoms with Crippen LogP contribution in [0.3, 0.4) is 0 Å². The number of nitrogens with two attached hydrogens (primary N) is 1. The summed E-state index contributed by atoms with van der Waals surface area (Å²) in [6.07, 6.45) is 2.56. The molecule has 2 heterocycles. The van der Waals surface area contributed by atoms with E-state index in [0.717, 1.165) is 30.2 Å². The lowest BCUT2D eigenvalue weighted by Crippen LogP contribution is -2.17. The zero-order valence-electron chi connectivity index (χ0n) is 12.3. The van der Waals surface area contributed by atoms with Crippen LogP contribution in [0.25, 0.3) is 5.69 Å². The van der Waals surface area contributed by atoms with Crippen molar-refractivity contribution < 1.29 is 4.74 Å². The van der Waals surface area contributed by atoms with Crippen LogP contribution in [0.5, 0.6) is 0 Å². The summed E-state index contributed by atoms with van der Waals surface area (Å²) in [6.45, 7) is 3.11. The molecule has 0 unspecified atom stereocenters. The van der Waals surface area contributed by atoms with Gasteiger partial charge in [0.2, 0.25) is 0 Å². The number of ether oxygens (including phenoxy) is 1. The van der Waals surface area contributed by atoms with Crippen LogP contribution in [-0.4, -0.2) is 35.2 Å². The molecule has 6 nitrogen and oxygen atoms in total. The van der Waals surface area contributed by atoms with E-state index in [1.165, 1.54) is 18.5 Å². The second-order valence-corrected chi connectivity index (χ2v) is 5.24. The molecule has 0 aliphatic carbocycles. The van der Waals surface area contributed by atoms with E-state index >= 15 is 0 Å². The van der Waals surface area contributed by atoms with E-state index in [4.69, 9.17) is 10.5 Å². The summed E-state index contributed by atoms with van der Waals surface area (Å²) in [5, 5.41) is 8.32. The second kappa shape index (κ2) is 6.24. The Kier molecular flexibility index (Phi) is 4.17. The zero-order valence-corrected chi connectivity index (χ0v) is 12.3. The van der Waals surface area contributed by atoms with Gasteiger partial charge in [-0.2, -0.15) is 0 Å². The van der Waals surface area contributed by atoms with Gasteiger partial charge in [-0.1, -0.05) is 5.21 Å². The van der Waals surface area contributed by atoms with Gasteiger partial charge in [0.25, 0.3) is 0 Å². The van der Waals surface area contributed by atoms with Gasteiger partial charge in [-0.05, 0) is 37.1 Å². The average molecular weight is 287 g/mol. The first-order valence-corrected chi connectivity index (χ1v) is 7.31. The lowest BCUT2D eigenvalue weighted by molar-refractivity contribution is 0.178. The molecular weight excluding hydrogens is 266 g/mol. The molecule has 112 valence electrons. The zero-order chi connectivity index (χ0) is 14.7. The van der Waals surface area contributed by atoms with Crippen molar-refractivity contribution in [1.29, 1.82) is 0 Å². The molecule has 2 N–H and O–H groups in total. The number of nitrogens with zero attached hydrogens (tertiary/aromatic N) is 4. The predicted octanol–water partition coefficient (Wildman–Crippen LogP) is 1.47. The molecule has 1 aliphatic heterocycles. The van der Waals surface area contributed by atoms with Crippen molar-refractivity contribution >= 4 is 5.69 Å². The van der Waals surface area contributed by atoms with E-state index < -0.39 is 0 Å². The molecule has 0 radical (unpaired) electrons. The molecule has 0 atom stereocenters. The quantitative estimate of drug-likeness (QED) is 0.902. The molecular formula is C15H21N5O. The monoisotopic (exact) mass is 287 g/mol. The molecule has 3 rings (SSSR count). The van der Waals surface area contributed by atoms with E-state index in [0.29, 0.717) is 13.2 Å². The van der Waals surface area contributed by atoms with Crippen molar-refractivity contribution in [2.75, 3.05) is 25.1 Å². The van der Waals surface area contributed by atoms with E-state index in [1.807, 2.05) is 0 Å². The van der Waals surface area contributed by atoms with Gasteiger partial charge in [0.1, 0.15) is 5.69 Å². The normalized spacial score (nSPS) is 14.9. The van der Waals surface area contributed by atoms with Crippen molar-refractivity contribution in [3.8, 4) is 5.69 Å². The topological polar surface area (TPSA) is 69.2 Å². The van der Waals surface area contributed by atoms with Crippen LogP contribution in [0.2, 0.25) is 0 Å². The van der Waals surface area contributed by atoms with Crippen molar-refractivity contribution in [1.82, 2.24) is 15.0 Å². The standard InChI is InChI=1S/C15H21N5O/c1-21-11-15-14(10-16)17-18-20(15)13-6-4-12(5-7-13)19-8-2-3-9-19/h4-7H,2-3,8-11,16H2,1H3. The molecule has 1 aromatic heterocycles. The lowest BCUT2D eigenvalue weighted by atomic mass is 10.2. The molecule has 0 bridgehead atoms. The lowest BCUT2D eigenvalue weighted by Gasteiger charge is -2.17. The fourth-order valence-electron chi connectivity index (χ4n) is 2.76. The molecule has 1 aromatic carbocycles. The van der Waals surface area contributed by atoms with Gasteiger partial charge in [-0.15, -0.1) is 5.10 Å². The Morgan fingerprint density at radius 3 is 2.43 bits per heavy atom. The molecule has 1 fully saturated rings. The highest BCUT2D eigenvalue weighted by atomic mass is 16.5. The summed E-state index contributed by atoms with van der Waals surface area (Å²) in [4.78, 5) is 2.41. The van der Waals surface area contributed by atoms with Gasteiger partial charge < -0.3 is 15.4 Å². The Morgan fingerprint density at radius 2 is 1.81 bits per heavy atom. The molecule has 0 amide bonds. The third kappa shape index (κ3) is 2.77. The molecule has 0 saturated carbocycles. The maximum Gasteiger partial charge on any atom is 0.102 e. The van der Waals surface area contributed by atoms with Crippen molar-refractivity contribution in [3.05, 3.63) is 35.7 Å². The number of benzene rings is 1. The minimum absolute atomic E-state index is 0.366. The minimum atomic E-state index is 0.366. The largest absolute Gasteiger partial charge is 0.378 e. The molecule has 0 spiro atoms. The summed E-state index contributed by atoms with van der Waals surface area (Å²) in [5.74, 6) is 0. The minimum Gasteiger partial charge on any atom is -0.378 e. The predicted molar refractivity (Wildman–Crippen MR) is 81.4 cm³/mol. The Bertz CT molecular complexity index is 587. The number of aromatic nitrogens is 3. The first-order valence-electron chi connectivity index (χ1n) is 7.31. The Morgan fingerprint density at radius 1 is 1.14 bits per heavy atom. The molecule has 1 saturated heterocycles. The number of anilines is 1. The third-order valence-electron chi connectivity index (χ3n) is 3.88. The summed E-state index contributed by atoms with van der Waals surface area (Å²) in [5.41, 5.74) is 9.64. The van der Waals surface area contributed by atoms with Gasteiger partial charge in [-0.25, -0.2) is 4.68 Å². The highest BCUT2D eigenvalue weighted by Gasteiger charge is 2.15. The smallest absolute Gasteiger partial charge is 0.102 e. The van der Waals surface area contributed by atoms with Crippen LogP contribution in [-0.2, 0) is 17.9 Å². The fourth-order valence-corrected chi connectivity index (χ4v) is 2.76. The maximum atomic E-state index is 5.70. The van der Waals surface area contributed by atoms with Crippen LogP contribution in [0.4, 0.5) is 5.69 Å². The summed E-state index contributed by atoms with van der Waals surface area (Å²) in [7, 11) is 1.66. The van der Waals surface area contributed by atoms with Crippen molar-refractivity contribution in [2.24, 2.45) is 5.73 Å². The molecule has 6 heteroatoms. The summed E-state index contributed by atoms with van der Waals surface area (Å²) >= 11 is 0. The molecule has 21 heavy (non-hydrogen) atoms. The second-order valence-electron chi connectivity index (χ2n) is 5.24. The summed E-state index contributed by atoms with van der Waals surface area (Å²) < 4.78 is 7.04. The Hall–Kier alpha value is -1.92. The van der Waals surface area contributed by atoms with Gasteiger partial charge in [0.05, 0.1) is 18.0 Å². The van der Waals surface area contributed by atoms with Gasteiger partial charge in [0.15, 0.2) is 0 Å². The number of rotatable bonds is 5. The van der Waals surface area contributed by atoms with Gasteiger partial charge in [0, 0.05) is 32.4 Å².